The number of aryl methyl sites for hydroxylation is 2. The maximum atomic E-state index is 14.9. The highest BCUT2D eigenvalue weighted by atomic mass is 19.4. The predicted molar refractivity (Wildman–Crippen MR) is 236 cm³/mol. The number of hydrogen-bond donors (Lipinski definition) is 0. The SMILES string of the molecule is Cc1cccc(-c2ccc3c(c2)c2ccccc2n3-c2cc(C#N)c(-c3c(C(F)(F)F)cccc3C(F)(F)F)cc2-n2c3ccccc3c3cc(-c4cccc(C)c4)ccc32)c1. The summed E-state index contributed by atoms with van der Waals surface area (Å²) in [5.74, 6) is 0. The van der Waals surface area contributed by atoms with Gasteiger partial charge in [-0.1, -0.05) is 114 Å². The first-order valence-corrected chi connectivity index (χ1v) is 19.9. The number of para-hydroxylation sites is 2. The van der Waals surface area contributed by atoms with Gasteiger partial charge in [-0.15, -0.1) is 0 Å². The first kappa shape index (κ1) is 38.6. The summed E-state index contributed by atoms with van der Waals surface area (Å²) in [6.07, 6.45) is -10.4. The zero-order valence-electron chi connectivity index (χ0n) is 33.2. The standard InChI is InChI=1S/C53H33F6N3/c1-31-10-7-12-33(24-31)35-20-22-47-41(26-35)38-14-3-5-18-45(38)61(47)49-28-37(30-60)40(51-43(52(54,55)56)16-9-17-44(51)53(57,58)59)29-50(49)62-46-19-6-4-15-39(46)42-27-36(21-23-48(42)62)34-13-8-11-32(2)25-34/h3-29H,1-2H3. The molecule has 302 valence electrons. The fourth-order valence-electron chi connectivity index (χ4n) is 9.02. The quantitative estimate of drug-likeness (QED) is 0.159. The van der Waals surface area contributed by atoms with Crippen molar-refractivity contribution in [2.75, 3.05) is 0 Å². The fraction of sp³-hybridized carbons (Fsp3) is 0.0755. The third-order valence-corrected chi connectivity index (χ3v) is 11.7. The first-order valence-electron chi connectivity index (χ1n) is 19.9. The summed E-state index contributed by atoms with van der Waals surface area (Å²) in [4.78, 5) is 0. The first-order chi connectivity index (χ1) is 29.8. The molecule has 2 aromatic heterocycles. The van der Waals surface area contributed by atoms with Crippen LogP contribution in [0, 0.1) is 25.2 Å². The van der Waals surface area contributed by atoms with Gasteiger partial charge in [-0.05, 0) is 96.8 Å². The molecular formula is C53H33F6N3. The van der Waals surface area contributed by atoms with E-state index in [1.54, 1.807) is 0 Å². The van der Waals surface area contributed by atoms with Gasteiger partial charge < -0.3 is 9.13 Å². The van der Waals surface area contributed by atoms with Crippen molar-refractivity contribution in [2.24, 2.45) is 0 Å². The Morgan fingerprint density at radius 3 is 1.29 bits per heavy atom. The number of alkyl halides is 6. The lowest BCUT2D eigenvalue weighted by Gasteiger charge is -2.23. The third kappa shape index (κ3) is 6.29. The monoisotopic (exact) mass is 825 g/mol. The minimum atomic E-state index is -5.18. The van der Waals surface area contributed by atoms with E-state index in [0.717, 1.165) is 72.0 Å². The molecule has 0 fully saturated rings. The van der Waals surface area contributed by atoms with Crippen LogP contribution in [-0.4, -0.2) is 9.13 Å². The minimum absolute atomic E-state index is 0.282. The molecule has 0 amide bonds. The van der Waals surface area contributed by atoms with Crippen molar-refractivity contribution < 1.29 is 26.3 Å². The molecule has 0 unspecified atom stereocenters. The molecular weight excluding hydrogens is 793 g/mol. The summed E-state index contributed by atoms with van der Waals surface area (Å²) >= 11 is 0. The fourth-order valence-corrected chi connectivity index (χ4v) is 9.02. The van der Waals surface area contributed by atoms with Crippen molar-refractivity contribution in [3.63, 3.8) is 0 Å². The summed E-state index contributed by atoms with van der Waals surface area (Å²) in [5.41, 5.74) is 4.62. The van der Waals surface area contributed by atoms with Crippen LogP contribution in [0.4, 0.5) is 26.3 Å². The highest BCUT2D eigenvalue weighted by Crippen LogP contribution is 2.48. The van der Waals surface area contributed by atoms with E-state index in [1.165, 1.54) is 12.1 Å². The molecule has 9 heteroatoms. The van der Waals surface area contributed by atoms with E-state index in [4.69, 9.17) is 0 Å². The molecule has 3 nitrogen and oxygen atoms in total. The third-order valence-electron chi connectivity index (χ3n) is 11.7. The normalized spacial score (nSPS) is 12.2. The van der Waals surface area contributed by atoms with E-state index in [9.17, 15) is 31.6 Å². The number of fused-ring (bicyclic) bond motifs is 6. The Morgan fingerprint density at radius 2 is 0.839 bits per heavy atom. The van der Waals surface area contributed by atoms with E-state index in [-0.39, 0.29) is 11.3 Å². The van der Waals surface area contributed by atoms with Crippen molar-refractivity contribution in [3.05, 3.63) is 192 Å². The lowest BCUT2D eigenvalue weighted by atomic mass is 9.89. The molecule has 10 aromatic rings. The van der Waals surface area contributed by atoms with Gasteiger partial charge in [0, 0.05) is 32.7 Å². The van der Waals surface area contributed by atoms with Gasteiger partial charge in [-0.25, -0.2) is 0 Å². The van der Waals surface area contributed by atoms with E-state index in [2.05, 4.69) is 24.3 Å². The van der Waals surface area contributed by atoms with Crippen molar-refractivity contribution >= 4 is 43.6 Å². The Kier molecular flexibility index (Phi) is 8.89. The number of nitriles is 1. The lowest BCUT2D eigenvalue weighted by molar-refractivity contribution is -0.142. The molecule has 0 saturated heterocycles. The molecule has 0 atom stereocenters. The summed E-state index contributed by atoms with van der Waals surface area (Å²) in [7, 11) is 0. The molecule has 62 heavy (non-hydrogen) atoms. The van der Waals surface area contributed by atoms with Gasteiger partial charge in [0.25, 0.3) is 0 Å². The van der Waals surface area contributed by atoms with Crippen LogP contribution in [0.2, 0.25) is 0 Å². The summed E-state index contributed by atoms with van der Waals surface area (Å²) in [5, 5.41) is 14.2. The van der Waals surface area contributed by atoms with E-state index in [0.29, 0.717) is 28.9 Å². The highest BCUT2D eigenvalue weighted by molar-refractivity contribution is 6.13. The van der Waals surface area contributed by atoms with Crippen LogP contribution < -0.4 is 0 Å². The zero-order valence-corrected chi connectivity index (χ0v) is 33.2. The lowest BCUT2D eigenvalue weighted by Crippen LogP contribution is -2.15. The molecule has 0 bridgehead atoms. The van der Waals surface area contributed by atoms with Crippen LogP contribution >= 0.6 is 0 Å². The second-order valence-electron chi connectivity index (χ2n) is 15.6. The number of halogens is 6. The van der Waals surface area contributed by atoms with Gasteiger partial charge in [-0.3, -0.25) is 0 Å². The van der Waals surface area contributed by atoms with E-state index in [1.807, 2.05) is 138 Å². The maximum Gasteiger partial charge on any atom is 0.417 e. The molecule has 0 aliphatic heterocycles. The molecule has 2 heterocycles. The van der Waals surface area contributed by atoms with Crippen LogP contribution in [0.1, 0.15) is 27.8 Å². The molecule has 8 aromatic carbocycles. The summed E-state index contributed by atoms with van der Waals surface area (Å²) in [6.45, 7) is 4.03. The van der Waals surface area contributed by atoms with Crippen LogP contribution in [0.15, 0.2) is 164 Å². The van der Waals surface area contributed by atoms with Gasteiger partial charge >= 0.3 is 12.4 Å². The van der Waals surface area contributed by atoms with Crippen molar-refractivity contribution in [2.45, 2.75) is 26.2 Å². The number of nitrogens with zero attached hydrogens (tertiary/aromatic N) is 3. The van der Waals surface area contributed by atoms with Gasteiger partial charge in [0.2, 0.25) is 0 Å². The Hall–Kier alpha value is -7.57. The Morgan fingerprint density at radius 1 is 0.419 bits per heavy atom. The number of hydrogen-bond acceptors (Lipinski definition) is 1. The number of rotatable bonds is 5. The van der Waals surface area contributed by atoms with E-state index < -0.39 is 34.6 Å². The van der Waals surface area contributed by atoms with Gasteiger partial charge in [0.1, 0.15) is 0 Å². The minimum Gasteiger partial charge on any atom is -0.307 e. The second-order valence-corrected chi connectivity index (χ2v) is 15.6. The average molecular weight is 826 g/mol. The number of aromatic nitrogens is 2. The molecule has 0 saturated carbocycles. The molecule has 0 aliphatic carbocycles. The zero-order chi connectivity index (χ0) is 43.1. The molecule has 0 radical (unpaired) electrons. The van der Waals surface area contributed by atoms with Gasteiger partial charge in [0.15, 0.2) is 0 Å². The Bertz CT molecular complexity index is 3450. The summed E-state index contributed by atoms with van der Waals surface area (Å²) < 4.78 is 93.2. The Balaban J connectivity index is 1.36. The Labute approximate surface area is 351 Å². The largest absolute Gasteiger partial charge is 0.417 e. The van der Waals surface area contributed by atoms with Crippen LogP contribution in [0.3, 0.4) is 0 Å². The van der Waals surface area contributed by atoms with Crippen LogP contribution in [0.25, 0.3) is 88.4 Å². The van der Waals surface area contributed by atoms with Gasteiger partial charge in [0.05, 0.1) is 56.2 Å². The van der Waals surface area contributed by atoms with Crippen LogP contribution in [0.5, 0.6) is 0 Å². The number of benzene rings is 8. The van der Waals surface area contributed by atoms with Gasteiger partial charge in [-0.2, -0.15) is 31.6 Å². The smallest absolute Gasteiger partial charge is 0.307 e. The summed E-state index contributed by atoms with van der Waals surface area (Å²) in [6, 6.07) is 50.3. The van der Waals surface area contributed by atoms with Crippen LogP contribution in [-0.2, 0) is 12.4 Å². The molecule has 10 rings (SSSR count). The molecule has 0 N–H and O–H groups in total. The maximum absolute atomic E-state index is 14.9. The van der Waals surface area contributed by atoms with Crippen molar-refractivity contribution in [3.8, 4) is 50.8 Å². The molecule has 0 spiro atoms. The topological polar surface area (TPSA) is 33.6 Å². The average Bonchev–Trinajstić information content (AvgIpc) is 3.77. The highest BCUT2D eigenvalue weighted by Gasteiger charge is 2.42. The van der Waals surface area contributed by atoms with Crippen molar-refractivity contribution in [1.29, 1.82) is 5.26 Å². The predicted octanol–water partition coefficient (Wildman–Crippen LogP) is 15.4. The second kappa shape index (κ2) is 14.3. The van der Waals surface area contributed by atoms with Crippen molar-refractivity contribution in [1.82, 2.24) is 9.13 Å². The molecule has 0 aliphatic rings. The van der Waals surface area contributed by atoms with E-state index >= 15 is 0 Å².